The van der Waals surface area contributed by atoms with Crippen LogP contribution in [0.2, 0.25) is 0 Å². The Morgan fingerprint density at radius 3 is 2.42 bits per heavy atom. The van der Waals surface area contributed by atoms with Gasteiger partial charge in [-0.25, -0.2) is 0 Å². The maximum Gasteiger partial charge on any atom is 0.237 e. The summed E-state index contributed by atoms with van der Waals surface area (Å²) in [5.74, 6) is -0.119. The van der Waals surface area contributed by atoms with Crippen LogP contribution in [0.15, 0.2) is 0 Å². The lowest BCUT2D eigenvalue weighted by Gasteiger charge is -2.28. The van der Waals surface area contributed by atoms with E-state index in [-0.39, 0.29) is 11.4 Å². The topological polar surface area (TPSA) is 55.1 Å². The van der Waals surface area contributed by atoms with Gasteiger partial charge in [0.05, 0.1) is 5.54 Å². The normalized spacial score (nSPS) is 36.5. The van der Waals surface area contributed by atoms with E-state index in [1.54, 1.807) is 0 Å². The Bertz CT molecular complexity index is 339. The maximum absolute atomic E-state index is 11.9. The number of thioether (sulfide) groups is 1. The molecule has 3 aliphatic carbocycles. The first-order chi connectivity index (χ1) is 9.18. The molecule has 3 saturated carbocycles. The Balaban J connectivity index is 1.55. The third kappa shape index (κ3) is 3.27. The average molecular weight is 282 g/mol. The van der Waals surface area contributed by atoms with Crippen LogP contribution < -0.4 is 11.1 Å². The summed E-state index contributed by atoms with van der Waals surface area (Å²) in [6, 6.07) is 0.561. The molecule has 0 aromatic carbocycles. The van der Waals surface area contributed by atoms with Gasteiger partial charge in [-0.3, -0.25) is 4.79 Å². The molecule has 3 fully saturated rings. The minimum atomic E-state index is -0.381. The van der Waals surface area contributed by atoms with Crippen LogP contribution in [-0.2, 0) is 4.79 Å². The van der Waals surface area contributed by atoms with Crippen molar-refractivity contribution in [2.24, 2.45) is 5.73 Å². The molecule has 0 saturated heterocycles. The van der Waals surface area contributed by atoms with Gasteiger partial charge in [0, 0.05) is 16.5 Å². The van der Waals surface area contributed by atoms with E-state index < -0.39 is 0 Å². The molecule has 3 nitrogen and oxygen atoms in total. The molecule has 0 aliphatic heterocycles. The van der Waals surface area contributed by atoms with Gasteiger partial charge in [-0.2, -0.15) is 11.8 Å². The first kappa shape index (κ1) is 13.7. The predicted molar refractivity (Wildman–Crippen MR) is 80.2 cm³/mol. The van der Waals surface area contributed by atoms with Crippen LogP contribution in [0, 0.1) is 0 Å². The lowest BCUT2D eigenvalue weighted by Crippen LogP contribution is -2.54. The zero-order chi connectivity index (χ0) is 13.3. The largest absolute Gasteiger partial charge is 0.368 e. The summed E-state index contributed by atoms with van der Waals surface area (Å²) in [4.78, 5) is 11.9. The van der Waals surface area contributed by atoms with Gasteiger partial charge in [-0.1, -0.05) is 19.3 Å². The highest BCUT2D eigenvalue weighted by Crippen LogP contribution is 2.43. The van der Waals surface area contributed by atoms with E-state index in [0.29, 0.717) is 11.3 Å². The minimum absolute atomic E-state index is 0.119. The highest BCUT2D eigenvalue weighted by Gasteiger charge is 2.47. The van der Waals surface area contributed by atoms with E-state index in [4.69, 9.17) is 5.73 Å². The van der Waals surface area contributed by atoms with Crippen LogP contribution in [0.25, 0.3) is 0 Å². The minimum Gasteiger partial charge on any atom is -0.368 e. The Morgan fingerprint density at radius 1 is 1.05 bits per heavy atom. The second-order valence-electron chi connectivity index (χ2n) is 6.63. The van der Waals surface area contributed by atoms with E-state index in [0.717, 1.165) is 24.5 Å². The van der Waals surface area contributed by atoms with Crippen molar-refractivity contribution in [2.75, 3.05) is 0 Å². The molecule has 1 amide bonds. The number of nitrogens with two attached hydrogens (primary N) is 1. The molecule has 19 heavy (non-hydrogen) atoms. The first-order valence-corrected chi connectivity index (χ1v) is 8.85. The molecule has 0 bridgehead atoms. The summed E-state index contributed by atoms with van der Waals surface area (Å²) in [5, 5.41) is 5.02. The van der Waals surface area contributed by atoms with Crippen LogP contribution in [0.1, 0.15) is 64.2 Å². The summed E-state index contributed by atoms with van der Waals surface area (Å²) in [5.41, 5.74) is 5.31. The van der Waals surface area contributed by atoms with Crippen molar-refractivity contribution in [1.29, 1.82) is 0 Å². The molecule has 4 heteroatoms. The van der Waals surface area contributed by atoms with Gasteiger partial charge in [0.2, 0.25) is 5.91 Å². The smallest absolute Gasteiger partial charge is 0.237 e. The lowest BCUT2D eigenvalue weighted by molar-refractivity contribution is -0.124. The monoisotopic (exact) mass is 282 g/mol. The van der Waals surface area contributed by atoms with Crippen LogP contribution >= 0.6 is 11.8 Å². The standard InChI is InChI=1S/C15H26N2OS/c16-14(18)15(17-11-6-7-11)9-8-13(10-15)19-12-4-2-1-3-5-12/h11-13,17H,1-10H2,(H2,16,18). The van der Waals surface area contributed by atoms with Gasteiger partial charge in [0.15, 0.2) is 0 Å². The summed E-state index contributed by atoms with van der Waals surface area (Å²) >= 11 is 2.15. The summed E-state index contributed by atoms with van der Waals surface area (Å²) in [6.45, 7) is 0. The number of amides is 1. The number of carbonyl (C=O) groups is 1. The quantitative estimate of drug-likeness (QED) is 0.815. The van der Waals surface area contributed by atoms with Crippen LogP contribution in [0.3, 0.4) is 0 Å². The molecule has 3 aliphatic rings. The van der Waals surface area contributed by atoms with Gasteiger partial charge in [0.1, 0.15) is 0 Å². The van der Waals surface area contributed by atoms with Crippen molar-refractivity contribution in [3.63, 3.8) is 0 Å². The number of primary amides is 1. The number of carbonyl (C=O) groups excluding carboxylic acids is 1. The van der Waals surface area contributed by atoms with Crippen LogP contribution in [0.4, 0.5) is 0 Å². The molecule has 0 spiro atoms. The van der Waals surface area contributed by atoms with Gasteiger partial charge < -0.3 is 11.1 Å². The van der Waals surface area contributed by atoms with Gasteiger partial charge in [-0.05, 0) is 44.9 Å². The van der Waals surface area contributed by atoms with E-state index >= 15 is 0 Å². The fourth-order valence-electron chi connectivity index (χ4n) is 3.63. The highest BCUT2D eigenvalue weighted by molar-refractivity contribution is 8.00. The summed E-state index contributed by atoms with van der Waals surface area (Å²) < 4.78 is 0. The molecule has 0 aromatic rings. The third-order valence-electron chi connectivity index (χ3n) is 4.94. The molecular weight excluding hydrogens is 256 g/mol. The molecule has 0 heterocycles. The van der Waals surface area contributed by atoms with Crippen molar-refractivity contribution in [2.45, 2.75) is 86.3 Å². The Hall–Kier alpha value is -0.220. The Morgan fingerprint density at radius 2 is 1.79 bits per heavy atom. The Labute approximate surface area is 120 Å². The molecule has 0 radical (unpaired) electrons. The van der Waals surface area contributed by atoms with Crippen LogP contribution in [-0.4, -0.2) is 28.0 Å². The second kappa shape index (κ2) is 5.65. The fraction of sp³-hybridized carbons (Fsp3) is 0.933. The van der Waals surface area contributed by atoms with Crippen molar-refractivity contribution in [3.05, 3.63) is 0 Å². The molecule has 2 atom stereocenters. The summed E-state index contributed by atoms with van der Waals surface area (Å²) in [6.07, 6.45) is 12.5. The van der Waals surface area contributed by atoms with E-state index in [1.165, 1.54) is 44.9 Å². The zero-order valence-corrected chi connectivity index (χ0v) is 12.5. The van der Waals surface area contributed by atoms with Crippen molar-refractivity contribution in [3.8, 4) is 0 Å². The molecule has 0 aromatic heterocycles. The number of hydrogen-bond donors (Lipinski definition) is 2. The lowest BCUT2D eigenvalue weighted by atomic mass is 9.96. The van der Waals surface area contributed by atoms with Crippen molar-refractivity contribution in [1.82, 2.24) is 5.32 Å². The van der Waals surface area contributed by atoms with Gasteiger partial charge in [0.25, 0.3) is 0 Å². The van der Waals surface area contributed by atoms with Crippen molar-refractivity contribution >= 4 is 17.7 Å². The maximum atomic E-state index is 11.9. The fourth-order valence-corrected chi connectivity index (χ4v) is 5.42. The first-order valence-electron chi connectivity index (χ1n) is 7.91. The van der Waals surface area contributed by atoms with Gasteiger partial charge in [-0.15, -0.1) is 0 Å². The highest BCUT2D eigenvalue weighted by atomic mass is 32.2. The van der Waals surface area contributed by atoms with E-state index in [2.05, 4.69) is 17.1 Å². The molecule has 2 unspecified atom stereocenters. The molecule has 3 N–H and O–H groups in total. The van der Waals surface area contributed by atoms with Crippen molar-refractivity contribution < 1.29 is 4.79 Å². The van der Waals surface area contributed by atoms with E-state index in [1.807, 2.05) is 0 Å². The average Bonchev–Trinajstić information content (AvgIpc) is 3.11. The third-order valence-corrected chi connectivity index (χ3v) is 6.58. The molecule has 3 rings (SSSR count). The van der Waals surface area contributed by atoms with Gasteiger partial charge >= 0.3 is 0 Å². The Kier molecular flexibility index (Phi) is 4.08. The summed E-state index contributed by atoms with van der Waals surface area (Å²) in [7, 11) is 0. The second-order valence-corrected chi connectivity index (χ2v) is 8.23. The number of hydrogen-bond acceptors (Lipinski definition) is 3. The molecule has 108 valence electrons. The van der Waals surface area contributed by atoms with Crippen LogP contribution in [0.5, 0.6) is 0 Å². The predicted octanol–water partition coefficient (Wildman–Crippen LogP) is 2.58. The van der Waals surface area contributed by atoms with E-state index in [9.17, 15) is 4.79 Å². The number of rotatable bonds is 5. The number of nitrogens with one attached hydrogen (secondary N) is 1. The molecular formula is C15H26N2OS. The zero-order valence-electron chi connectivity index (χ0n) is 11.7. The SMILES string of the molecule is NC(=O)C1(NC2CC2)CCC(SC2CCCCC2)C1.